The maximum Gasteiger partial charge on any atom is 0.482 e. The van der Waals surface area contributed by atoms with Crippen LogP contribution in [0.15, 0.2) is 48.5 Å². The molecule has 0 unspecified atom stereocenters. The van der Waals surface area contributed by atoms with Gasteiger partial charge in [0.1, 0.15) is 0 Å². The molecule has 0 amide bonds. The Morgan fingerprint density at radius 2 is 1.57 bits per heavy atom. The minimum Gasteiger partial charge on any atom is -0.429 e. The number of benzene rings is 2. The third-order valence-electron chi connectivity index (χ3n) is 3.50. The van der Waals surface area contributed by atoms with E-state index in [2.05, 4.69) is 62.4 Å². The van der Waals surface area contributed by atoms with Crippen LogP contribution in [0.3, 0.4) is 0 Å². The zero-order chi connectivity index (χ0) is 15.5. The fourth-order valence-electron chi connectivity index (χ4n) is 2.35. The number of hydrogen-bond acceptors (Lipinski definition) is 2. The van der Waals surface area contributed by atoms with Crippen molar-refractivity contribution in [1.82, 2.24) is 0 Å². The van der Waals surface area contributed by atoms with Crippen LogP contribution >= 0.6 is 0 Å². The lowest BCUT2D eigenvalue weighted by Gasteiger charge is -2.08. The molecular weight excluding hydrogens is 259 g/mol. The molecule has 2 aromatic carbocycles. The minimum absolute atomic E-state index is 0. The van der Waals surface area contributed by atoms with Crippen LogP contribution in [0.2, 0.25) is 0 Å². The van der Waals surface area contributed by atoms with Crippen LogP contribution in [-0.4, -0.2) is 17.7 Å². The maximum absolute atomic E-state index is 7.00. The van der Waals surface area contributed by atoms with E-state index < -0.39 is 0 Å². The summed E-state index contributed by atoms with van der Waals surface area (Å²) >= 11 is 0. The second-order valence-corrected chi connectivity index (χ2v) is 5.08. The molecule has 3 heteroatoms. The summed E-state index contributed by atoms with van der Waals surface area (Å²) in [6, 6.07) is 17.5. The molecule has 0 aromatic heterocycles. The SMILES string of the molecule is CCCCCc1ccc(-c2ccccc2)cc1C.O[B]O. The normalized spacial score (nSPS) is 9.71. The third kappa shape index (κ3) is 6.15. The zero-order valence-corrected chi connectivity index (χ0v) is 12.9. The maximum atomic E-state index is 7.00. The van der Waals surface area contributed by atoms with Crippen molar-refractivity contribution in [3.05, 3.63) is 59.7 Å². The van der Waals surface area contributed by atoms with Gasteiger partial charge < -0.3 is 10.0 Å². The van der Waals surface area contributed by atoms with Gasteiger partial charge in [-0.1, -0.05) is 68.3 Å². The quantitative estimate of drug-likeness (QED) is 0.645. The topological polar surface area (TPSA) is 40.5 Å². The van der Waals surface area contributed by atoms with Crippen molar-refractivity contribution in [2.75, 3.05) is 0 Å². The molecule has 1 radical (unpaired) electrons. The monoisotopic (exact) mass is 283 g/mol. The molecule has 0 aliphatic rings. The lowest BCUT2D eigenvalue weighted by atomic mass is 9.97. The molecule has 2 nitrogen and oxygen atoms in total. The van der Waals surface area contributed by atoms with E-state index in [1.807, 2.05) is 0 Å². The second kappa shape index (κ2) is 10.2. The van der Waals surface area contributed by atoms with E-state index in [9.17, 15) is 0 Å². The average Bonchev–Trinajstić information content (AvgIpc) is 2.51. The smallest absolute Gasteiger partial charge is 0.429 e. The van der Waals surface area contributed by atoms with Gasteiger partial charge >= 0.3 is 7.69 Å². The summed E-state index contributed by atoms with van der Waals surface area (Å²) in [4.78, 5) is 0. The first-order valence-corrected chi connectivity index (χ1v) is 7.48. The third-order valence-corrected chi connectivity index (χ3v) is 3.50. The summed E-state index contributed by atoms with van der Waals surface area (Å²) in [5.74, 6) is 0. The highest BCUT2D eigenvalue weighted by atomic mass is 16.4. The van der Waals surface area contributed by atoms with Crippen molar-refractivity contribution in [1.29, 1.82) is 0 Å². The Labute approximate surface area is 128 Å². The highest BCUT2D eigenvalue weighted by Crippen LogP contribution is 2.23. The van der Waals surface area contributed by atoms with Gasteiger partial charge in [0.15, 0.2) is 0 Å². The predicted octanol–water partition coefficient (Wildman–Crippen LogP) is 3.90. The van der Waals surface area contributed by atoms with Crippen LogP contribution in [0.25, 0.3) is 11.1 Å². The van der Waals surface area contributed by atoms with Crippen LogP contribution in [0.4, 0.5) is 0 Å². The van der Waals surface area contributed by atoms with Gasteiger partial charge in [0, 0.05) is 0 Å². The molecule has 0 saturated heterocycles. The van der Waals surface area contributed by atoms with Crippen molar-refractivity contribution in [3.63, 3.8) is 0 Å². The van der Waals surface area contributed by atoms with E-state index in [1.54, 1.807) is 0 Å². The second-order valence-electron chi connectivity index (χ2n) is 5.08. The summed E-state index contributed by atoms with van der Waals surface area (Å²) in [7, 11) is 0. The Morgan fingerprint density at radius 1 is 0.905 bits per heavy atom. The fraction of sp³-hybridized carbons (Fsp3) is 0.333. The molecule has 111 valence electrons. The van der Waals surface area contributed by atoms with Crippen LogP contribution in [0.1, 0.15) is 37.3 Å². The van der Waals surface area contributed by atoms with Crippen LogP contribution in [0.5, 0.6) is 0 Å². The summed E-state index contributed by atoms with van der Waals surface area (Å²) in [6.45, 7) is 4.49. The molecular formula is C18H24BO2. The molecule has 0 aliphatic heterocycles. The Hall–Kier alpha value is -1.58. The molecule has 21 heavy (non-hydrogen) atoms. The molecule has 0 saturated carbocycles. The molecule has 0 heterocycles. The minimum atomic E-state index is 0. The fourth-order valence-corrected chi connectivity index (χ4v) is 2.35. The largest absolute Gasteiger partial charge is 0.482 e. The Morgan fingerprint density at radius 3 is 2.14 bits per heavy atom. The first-order valence-electron chi connectivity index (χ1n) is 7.48. The van der Waals surface area contributed by atoms with Crippen molar-refractivity contribution in [2.45, 2.75) is 39.5 Å². The molecule has 0 bridgehead atoms. The number of unbranched alkanes of at least 4 members (excludes halogenated alkanes) is 2. The molecule has 0 atom stereocenters. The highest BCUT2D eigenvalue weighted by Gasteiger charge is 2.01. The number of aryl methyl sites for hydroxylation is 2. The molecule has 0 fully saturated rings. The van der Waals surface area contributed by atoms with E-state index in [-0.39, 0.29) is 7.69 Å². The van der Waals surface area contributed by atoms with Crippen LogP contribution in [0, 0.1) is 6.92 Å². The van der Waals surface area contributed by atoms with Crippen molar-refractivity contribution >= 4 is 7.69 Å². The van der Waals surface area contributed by atoms with E-state index >= 15 is 0 Å². The van der Waals surface area contributed by atoms with E-state index in [0.717, 1.165) is 0 Å². The summed E-state index contributed by atoms with van der Waals surface area (Å²) in [5, 5.41) is 14.0. The van der Waals surface area contributed by atoms with Crippen LogP contribution < -0.4 is 0 Å². The molecule has 0 aliphatic carbocycles. The van der Waals surface area contributed by atoms with E-state index in [0.29, 0.717) is 0 Å². The molecule has 2 aromatic rings. The Balaban J connectivity index is 0.000000677. The Kier molecular flexibility index (Phi) is 8.48. The van der Waals surface area contributed by atoms with Crippen molar-refractivity contribution < 1.29 is 10.0 Å². The lowest BCUT2D eigenvalue weighted by Crippen LogP contribution is -1.91. The molecule has 2 rings (SSSR count). The Bertz CT molecular complexity index is 512. The standard InChI is InChI=1S/C18H22.BH2O2/c1-3-4-6-9-16-12-13-18(14-15(16)2)17-10-7-5-8-11-17;2-1-3/h5,7-8,10-14H,3-4,6,9H2,1-2H3;2-3H. The van der Waals surface area contributed by atoms with Crippen LogP contribution in [-0.2, 0) is 6.42 Å². The van der Waals surface area contributed by atoms with E-state index in [1.165, 1.54) is 47.9 Å². The van der Waals surface area contributed by atoms with Gasteiger partial charge in [0.25, 0.3) is 0 Å². The number of hydrogen-bond donors (Lipinski definition) is 2. The van der Waals surface area contributed by atoms with Gasteiger partial charge in [-0.25, -0.2) is 0 Å². The first kappa shape index (κ1) is 17.5. The van der Waals surface area contributed by atoms with Gasteiger partial charge in [0.05, 0.1) is 0 Å². The van der Waals surface area contributed by atoms with Gasteiger partial charge in [0.2, 0.25) is 0 Å². The van der Waals surface area contributed by atoms with E-state index in [4.69, 9.17) is 10.0 Å². The van der Waals surface area contributed by atoms with Gasteiger partial charge in [-0.05, 0) is 42.0 Å². The zero-order valence-electron chi connectivity index (χ0n) is 12.9. The lowest BCUT2D eigenvalue weighted by molar-refractivity contribution is 0.448. The molecule has 0 spiro atoms. The predicted molar refractivity (Wildman–Crippen MR) is 90.0 cm³/mol. The highest BCUT2D eigenvalue weighted by molar-refractivity contribution is 6.13. The van der Waals surface area contributed by atoms with Crippen molar-refractivity contribution in [2.24, 2.45) is 0 Å². The summed E-state index contributed by atoms with van der Waals surface area (Å²) in [5.41, 5.74) is 5.56. The van der Waals surface area contributed by atoms with Gasteiger partial charge in [-0.15, -0.1) is 0 Å². The number of rotatable bonds is 5. The van der Waals surface area contributed by atoms with Crippen molar-refractivity contribution in [3.8, 4) is 11.1 Å². The summed E-state index contributed by atoms with van der Waals surface area (Å²) in [6.07, 6.45) is 5.15. The van der Waals surface area contributed by atoms with Gasteiger partial charge in [-0.2, -0.15) is 0 Å². The summed E-state index contributed by atoms with van der Waals surface area (Å²) < 4.78 is 0. The average molecular weight is 283 g/mol. The van der Waals surface area contributed by atoms with Gasteiger partial charge in [-0.3, -0.25) is 0 Å². The first-order chi connectivity index (χ1) is 10.2. The molecule has 2 N–H and O–H groups in total.